The van der Waals surface area contributed by atoms with Crippen LogP contribution in [0.4, 0.5) is 0 Å². The Bertz CT molecular complexity index is 762. The number of benzene rings is 2. The molecule has 0 atom stereocenters. The number of para-hydroxylation sites is 2. The number of hydrogen-bond donors (Lipinski definition) is 1. The summed E-state index contributed by atoms with van der Waals surface area (Å²) >= 11 is 0. The molecule has 0 aliphatic rings. The smallest absolute Gasteiger partial charge is 0.224 e. The number of carbonyl (C=O) groups is 1. The van der Waals surface area contributed by atoms with Crippen LogP contribution in [0, 0.1) is 0 Å². The molecular weight excluding hydrogens is 262 g/mol. The van der Waals surface area contributed by atoms with E-state index in [1.807, 2.05) is 66.2 Å². The highest BCUT2D eigenvalue weighted by molar-refractivity contribution is 5.79. The third-order valence-corrected chi connectivity index (χ3v) is 3.53. The summed E-state index contributed by atoms with van der Waals surface area (Å²) in [5, 5.41) is 2.93. The molecule has 0 unspecified atom stereocenters. The molecule has 2 aromatic carbocycles. The van der Waals surface area contributed by atoms with Crippen molar-refractivity contribution >= 4 is 16.9 Å². The average molecular weight is 279 g/mol. The van der Waals surface area contributed by atoms with Gasteiger partial charge in [-0.15, -0.1) is 0 Å². The number of fused-ring (bicyclic) bond motifs is 1. The fourth-order valence-electron chi connectivity index (χ4n) is 2.37. The third-order valence-electron chi connectivity index (χ3n) is 3.53. The highest BCUT2D eigenvalue weighted by Crippen LogP contribution is 2.13. The van der Waals surface area contributed by atoms with E-state index in [1.54, 1.807) is 0 Å². The molecule has 1 N–H and O–H groups in total. The van der Waals surface area contributed by atoms with Crippen molar-refractivity contribution in [2.24, 2.45) is 7.05 Å². The molecule has 0 fully saturated rings. The highest BCUT2D eigenvalue weighted by Gasteiger charge is 2.08. The van der Waals surface area contributed by atoms with Gasteiger partial charge in [0.2, 0.25) is 5.91 Å². The summed E-state index contributed by atoms with van der Waals surface area (Å²) in [4.78, 5) is 16.5. The van der Waals surface area contributed by atoms with Crippen molar-refractivity contribution in [2.75, 3.05) is 0 Å². The maximum atomic E-state index is 12.0. The van der Waals surface area contributed by atoms with Crippen LogP contribution in [0.1, 0.15) is 11.4 Å². The summed E-state index contributed by atoms with van der Waals surface area (Å²) in [6.45, 7) is 0.441. The average Bonchev–Trinajstić information content (AvgIpc) is 2.83. The van der Waals surface area contributed by atoms with E-state index in [1.165, 1.54) is 0 Å². The van der Waals surface area contributed by atoms with Gasteiger partial charge in [0.15, 0.2) is 0 Å². The number of hydrogen-bond acceptors (Lipinski definition) is 2. The number of amides is 1. The van der Waals surface area contributed by atoms with E-state index in [4.69, 9.17) is 0 Å². The van der Waals surface area contributed by atoms with Crippen molar-refractivity contribution in [1.29, 1.82) is 0 Å². The lowest BCUT2D eigenvalue weighted by atomic mass is 10.1. The normalized spacial score (nSPS) is 10.7. The Morgan fingerprint density at radius 1 is 1.10 bits per heavy atom. The zero-order valence-electron chi connectivity index (χ0n) is 11.9. The van der Waals surface area contributed by atoms with Crippen molar-refractivity contribution in [2.45, 2.75) is 13.0 Å². The van der Waals surface area contributed by atoms with Crippen molar-refractivity contribution in [3.63, 3.8) is 0 Å². The van der Waals surface area contributed by atoms with Crippen LogP contribution >= 0.6 is 0 Å². The van der Waals surface area contributed by atoms with Gasteiger partial charge in [-0.25, -0.2) is 4.98 Å². The van der Waals surface area contributed by atoms with Gasteiger partial charge < -0.3 is 9.88 Å². The second kappa shape index (κ2) is 5.79. The number of aromatic nitrogens is 2. The van der Waals surface area contributed by atoms with Crippen LogP contribution < -0.4 is 5.32 Å². The predicted octanol–water partition coefficient (Wildman–Crippen LogP) is 2.43. The van der Waals surface area contributed by atoms with Gasteiger partial charge in [0.25, 0.3) is 0 Å². The fourth-order valence-corrected chi connectivity index (χ4v) is 2.37. The van der Waals surface area contributed by atoms with E-state index >= 15 is 0 Å². The van der Waals surface area contributed by atoms with Crippen LogP contribution in [-0.2, 0) is 24.8 Å². The molecule has 1 heterocycles. The lowest BCUT2D eigenvalue weighted by Gasteiger charge is -2.05. The summed E-state index contributed by atoms with van der Waals surface area (Å²) in [5.74, 6) is 0.867. The first kappa shape index (κ1) is 13.4. The van der Waals surface area contributed by atoms with Crippen molar-refractivity contribution in [3.05, 3.63) is 66.0 Å². The van der Waals surface area contributed by atoms with Gasteiger partial charge in [0, 0.05) is 7.05 Å². The Morgan fingerprint density at radius 3 is 2.57 bits per heavy atom. The van der Waals surface area contributed by atoms with Crippen LogP contribution in [0.3, 0.4) is 0 Å². The molecule has 106 valence electrons. The summed E-state index contributed by atoms with van der Waals surface area (Å²) in [5.41, 5.74) is 3.04. The first-order valence-electron chi connectivity index (χ1n) is 6.95. The SMILES string of the molecule is Cn1c(CNC(=O)Cc2ccccc2)nc2ccccc21. The largest absolute Gasteiger partial charge is 0.349 e. The van der Waals surface area contributed by atoms with Gasteiger partial charge >= 0.3 is 0 Å². The molecule has 0 aliphatic carbocycles. The molecule has 0 spiro atoms. The third kappa shape index (κ3) is 2.94. The van der Waals surface area contributed by atoms with Crippen LogP contribution in [0.2, 0.25) is 0 Å². The minimum absolute atomic E-state index is 0.00764. The Balaban J connectivity index is 1.66. The maximum Gasteiger partial charge on any atom is 0.224 e. The molecule has 1 aromatic heterocycles. The first-order chi connectivity index (χ1) is 10.2. The second-order valence-electron chi connectivity index (χ2n) is 5.01. The zero-order valence-corrected chi connectivity index (χ0v) is 11.9. The van der Waals surface area contributed by atoms with Gasteiger partial charge in [-0.3, -0.25) is 4.79 Å². The van der Waals surface area contributed by atoms with Crippen molar-refractivity contribution in [3.8, 4) is 0 Å². The number of aryl methyl sites for hydroxylation is 1. The Kier molecular flexibility index (Phi) is 3.69. The summed E-state index contributed by atoms with van der Waals surface area (Å²) < 4.78 is 2.01. The van der Waals surface area contributed by atoms with E-state index in [0.717, 1.165) is 22.4 Å². The molecule has 1 amide bonds. The van der Waals surface area contributed by atoms with E-state index in [2.05, 4.69) is 10.3 Å². The van der Waals surface area contributed by atoms with E-state index < -0.39 is 0 Å². The minimum atomic E-state index is 0.00764. The Hall–Kier alpha value is -2.62. The summed E-state index contributed by atoms with van der Waals surface area (Å²) in [6, 6.07) is 17.7. The molecule has 0 aliphatic heterocycles. The number of carbonyl (C=O) groups excluding carboxylic acids is 1. The molecule has 4 nitrogen and oxygen atoms in total. The monoisotopic (exact) mass is 279 g/mol. The van der Waals surface area contributed by atoms with Crippen LogP contribution in [0.5, 0.6) is 0 Å². The molecule has 0 radical (unpaired) electrons. The maximum absolute atomic E-state index is 12.0. The van der Waals surface area contributed by atoms with Crippen molar-refractivity contribution < 1.29 is 4.79 Å². The van der Waals surface area contributed by atoms with Gasteiger partial charge in [-0.1, -0.05) is 42.5 Å². The number of rotatable bonds is 4. The first-order valence-corrected chi connectivity index (χ1v) is 6.95. The number of nitrogens with one attached hydrogen (secondary N) is 1. The zero-order chi connectivity index (χ0) is 14.7. The molecule has 21 heavy (non-hydrogen) atoms. The van der Waals surface area contributed by atoms with Crippen molar-refractivity contribution in [1.82, 2.24) is 14.9 Å². The molecule has 0 bridgehead atoms. The van der Waals surface area contributed by atoms with Crippen LogP contribution in [-0.4, -0.2) is 15.5 Å². The second-order valence-corrected chi connectivity index (χ2v) is 5.01. The van der Waals surface area contributed by atoms with Crippen LogP contribution in [0.25, 0.3) is 11.0 Å². The highest BCUT2D eigenvalue weighted by atomic mass is 16.1. The predicted molar refractivity (Wildman–Crippen MR) is 82.7 cm³/mol. The quantitative estimate of drug-likeness (QED) is 0.797. The standard InChI is InChI=1S/C17H17N3O/c1-20-15-10-6-5-9-14(15)19-16(20)12-18-17(21)11-13-7-3-2-4-8-13/h2-10H,11-12H2,1H3,(H,18,21). The minimum Gasteiger partial charge on any atom is -0.349 e. The van der Waals surface area contributed by atoms with E-state index in [-0.39, 0.29) is 5.91 Å². The Morgan fingerprint density at radius 2 is 1.81 bits per heavy atom. The molecular formula is C17H17N3O. The van der Waals surface area contributed by atoms with Gasteiger partial charge in [-0.05, 0) is 17.7 Å². The van der Waals surface area contributed by atoms with E-state index in [0.29, 0.717) is 13.0 Å². The number of nitrogens with zero attached hydrogens (tertiary/aromatic N) is 2. The molecule has 3 aromatic rings. The Labute approximate surface area is 123 Å². The lowest BCUT2D eigenvalue weighted by molar-refractivity contribution is -0.120. The van der Waals surface area contributed by atoms with Gasteiger partial charge in [-0.2, -0.15) is 0 Å². The van der Waals surface area contributed by atoms with Gasteiger partial charge in [0.1, 0.15) is 5.82 Å². The number of imidazole rings is 1. The molecule has 3 rings (SSSR count). The van der Waals surface area contributed by atoms with Crippen LogP contribution in [0.15, 0.2) is 54.6 Å². The summed E-state index contributed by atoms with van der Waals surface area (Å²) in [6.07, 6.45) is 0.394. The van der Waals surface area contributed by atoms with E-state index in [9.17, 15) is 4.79 Å². The molecule has 4 heteroatoms. The summed E-state index contributed by atoms with van der Waals surface area (Å²) in [7, 11) is 1.97. The fraction of sp³-hybridized carbons (Fsp3) is 0.176. The molecule has 0 saturated carbocycles. The lowest BCUT2D eigenvalue weighted by Crippen LogP contribution is -2.25. The van der Waals surface area contributed by atoms with Gasteiger partial charge in [0.05, 0.1) is 24.0 Å². The molecule has 0 saturated heterocycles. The topological polar surface area (TPSA) is 46.9 Å².